The first kappa shape index (κ1) is 14.7. The van der Waals surface area contributed by atoms with Crippen LogP contribution < -0.4 is 5.32 Å². The Balaban J connectivity index is 4.42. The summed E-state index contributed by atoms with van der Waals surface area (Å²) in [5.74, 6) is -1.18. The van der Waals surface area contributed by atoms with E-state index >= 15 is 0 Å². The SMILES string of the molecule is CCC(C)C(NC(=O)OC(C)(C)C)C(=O)O. The van der Waals surface area contributed by atoms with E-state index in [1.807, 2.05) is 6.92 Å². The van der Waals surface area contributed by atoms with Gasteiger partial charge in [-0.3, -0.25) is 0 Å². The van der Waals surface area contributed by atoms with Crippen molar-refractivity contribution in [3.63, 3.8) is 0 Å². The first-order valence-corrected chi connectivity index (χ1v) is 5.39. The van der Waals surface area contributed by atoms with Gasteiger partial charge >= 0.3 is 12.1 Å². The molecule has 0 spiro atoms. The number of carboxylic acid groups (broad SMARTS) is 1. The second-order valence-corrected chi connectivity index (χ2v) is 4.85. The number of nitrogens with one attached hydrogen (secondary N) is 1. The number of hydrogen-bond donors (Lipinski definition) is 2. The van der Waals surface area contributed by atoms with E-state index in [9.17, 15) is 9.59 Å². The molecule has 0 fully saturated rings. The molecule has 16 heavy (non-hydrogen) atoms. The predicted molar refractivity (Wildman–Crippen MR) is 60.2 cm³/mol. The molecule has 2 atom stereocenters. The minimum Gasteiger partial charge on any atom is -0.480 e. The summed E-state index contributed by atoms with van der Waals surface area (Å²) in [6, 6.07) is -0.903. The van der Waals surface area contributed by atoms with Crippen molar-refractivity contribution >= 4 is 12.1 Å². The topological polar surface area (TPSA) is 75.6 Å². The van der Waals surface area contributed by atoms with Crippen LogP contribution in [-0.4, -0.2) is 28.8 Å². The van der Waals surface area contributed by atoms with Gasteiger partial charge in [-0.15, -0.1) is 0 Å². The summed E-state index contributed by atoms with van der Waals surface area (Å²) in [4.78, 5) is 22.3. The van der Waals surface area contributed by atoms with Gasteiger partial charge in [0.15, 0.2) is 0 Å². The number of amides is 1. The third-order valence-corrected chi connectivity index (χ3v) is 2.15. The highest BCUT2D eigenvalue weighted by Gasteiger charge is 2.27. The standard InChI is InChI=1S/C11H21NO4/c1-6-7(2)8(9(13)14)12-10(15)16-11(3,4)5/h7-8H,6H2,1-5H3,(H,12,15)(H,13,14). The molecule has 5 heteroatoms. The molecule has 0 saturated carbocycles. The lowest BCUT2D eigenvalue weighted by molar-refractivity contribution is -0.140. The van der Waals surface area contributed by atoms with Gasteiger partial charge in [-0.05, 0) is 26.7 Å². The Morgan fingerprint density at radius 2 is 1.88 bits per heavy atom. The number of hydrogen-bond acceptors (Lipinski definition) is 3. The molecule has 94 valence electrons. The third kappa shape index (κ3) is 5.58. The fourth-order valence-electron chi connectivity index (χ4n) is 1.12. The lowest BCUT2D eigenvalue weighted by Gasteiger charge is -2.24. The fourth-order valence-corrected chi connectivity index (χ4v) is 1.12. The lowest BCUT2D eigenvalue weighted by Crippen LogP contribution is -2.46. The van der Waals surface area contributed by atoms with Crippen LogP contribution in [0.25, 0.3) is 0 Å². The largest absolute Gasteiger partial charge is 0.480 e. The van der Waals surface area contributed by atoms with Crippen molar-refractivity contribution in [3.05, 3.63) is 0 Å². The first-order chi connectivity index (χ1) is 7.17. The zero-order valence-corrected chi connectivity index (χ0v) is 10.5. The molecule has 0 bridgehead atoms. The zero-order chi connectivity index (χ0) is 12.9. The van der Waals surface area contributed by atoms with E-state index in [4.69, 9.17) is 9.84 Å². The maximum atomic E-state index is 11.4. The minimum absolute atomic E-state index is 0.134. The number of carboxylic acids is 1. The van der Waals surface area contributed by atoms with E-state index < -0.39 is 23.7 Å². The van der Waals surface area contributed by atoms with Crippen LogP contribution in [0, 0.1) is 5.92 Å². The Kier molecular flexibility index (Phi) is 5.27. The molecule has 0 aromatic rings. The Morgan fingerprint density at radius 3 is 2.19 bits per heavy atom. The van der Waals surface area contributed by atoms with E-state index in [0.717, 1.165) is 0 Å². The van der Waals surface area contributed by atoms with Crippen molar-refractivity contribution in [1.82, 2.24) is 5.32 Å². The van der Waals surface area contributed by atoms with Crippen molar-refractivity contribution in [1.29, 1.82) is 0 Å². The van der Waals surface area contributed by atoms with Crippen LogP contribution in [0.4, 0.5) is 4.79 Å². The highest BCUT2D eigenvalue weighted by molar-refractivity contribution is 5.80. The molecule has 0 rings (SSSR count). The van der Waals surface area contributed by atoms with Gasteiger partial charge in [-0.25, -0.2) is 9.59 Å². The summed E-state index contributed by atoms with van der Waals surface area (Å²) in [6.45, 7) is 8.83. The van der Waals surface area contributed by atoms with Gasteiger partial charge in [0.05, 0.1) is 0 Å². The van der Waals surface area contributed by atoms with Gasteiger partial charge in [0, 0.05) is 0 Å². The van der Waals surface area contributed by atoms with Crippen LogP contribution >= 0.6 is 0 Å². The summed E-state index contributed by atoms with van der Waals surface area (Å²) in [6.07, 6.45) is -0.0209. The Morgan fingerprint density at radius 1 is 1.38 bits per heavy atom. The lowest BCUT2D eigenvalue weighted by atomic mass is 10.00. The van der Waals surface area contributed by atoms with Crippen LogP contribution in [0.2, 0.25) is 0 Å². The summed E-state index contributed by atoms with van der Waals surface area (Å²) in [7, 11) is 0. The zero-order valence-electron chi connectivity index (χ0n) is 10.5. The van der Waals surface area contributed by atoms with Gasteiger partial charge < -0.3 is 15.2 Å². The van der Waals surface area contributed by atoms with Gasteiger partial charge in [0.2, 0.25) is 0 Å². The highest BCUT2D eigenvalue weighted by Crippen LogP contribution is 2.11. The van der Waals surface area contributed by atoms with E-state index in [0.29, 0.717) is 6.42 Å². The number of alkyl carbamates (subject to hydrolysis) is 1. The summed E-state index contributed by atoms with van der Waals surface area (Å²) >= 11 is 0. The van der Waals surface area contributed by atoms with Gasteiger partial charge in [0.1, 0.15) is 11.6 Å². The number of carbonyl (C=O) groups is 2. The molecule has 0 aromatic heterocycles. The van der Waals surface area contributed by atoms with Gasteiger partial charge in [-0.2, -0.15) is 0 Å². The average Bonchev–Trinajstić information content (AvgIpc) is 2.09. The Labute approximate surface area is 96.2 Å². The number of rotatable bonds is 4. The molecule has 1 amide bonds. The Hall–Kier alpha value is -1.26. The molecule has 5 nitrogen and oxygen atoms in total. The highest BCUT2D eigenvalue weighted by atomic mass is 16.6. The molecule has 0 aliphatic heterocycles. The molecular weight excluding hydrogens is 210 g/mol. The minimum atomic E-state index is -1.04. The van der Waals surface area contributed by atoms with Crippen LogP contribution in [0.5, 0.6) is 0 Å². The summed E-state index contributed by atoms with van der Waals surface area (Å²) < 4.78 is 5.00. The molecule has 0 aromatic carbocycles. The second kappa shape index (κ2) is 5.72. The van der Waals surface area contributed by atoms with E-state index in [1.165, 1.54) is 0 Å². The number of carbonyl (C=O) groups excluding carboxylic acids is 1. The van der Waals surface area contributed by atoms with Gasteiger partial charge in [0.25, 0.3) is 0 Å². The monoisotopic (exact) mass is 231 g/mol. The molecule has 0 aliphatic carbocycles. The maximum Gasteiger partial charge on any atom is 0.408 e. The smallest absolute Gasteiger partial charge is 0.408 e. The molecule has 0 heterocycles. The first-order valence-electron chi connectivity index (χ1n) is 5.39. The molecule has 0 saturated heterocycles. The molecular formula is C11H21NO4. The van der Waals surface area contributed by atoms with Crippen molar-refractivity contribution in [2.24, 2.45) is 5.92 Å². The van der Waals surface area contributed by atoms with Crippen LogP contribution in [0.15, 0.2) is 0 Å². The summed E-state index contributed by atoms with van der Waals surface area (Å²) in [5.41, 5.74) is -0.622. The van der Waals surface area contributed by atoms with Crippen LogP contribution in [0.3, 0.4) is 0 Å². The number of ether oxygens (including phenoxy) is 1. The molecule has 0 aliphatic rings. The fraction of sp³-hybridized carbons (Fsp3) is 0.818. The van der Waals surface area contributed by atoms with Crippen molar-refractivity contribution in [3.8, 4) is 0 Å². The quantitative estimate of drug-likeness (QED) is 0.776. The van der Waals surface area contributed by atoms with Crippen LogP contribution in [0.1, 0.15) is 41.0 Å². The molecule has 2 unspecified atom stereocenters. The normalized spacial score (nSPS) is 15.1. The summed E-state index contributed by atoms with van der Waals surface area (Å²) in [5, 5.41) is 11.3. The predicted octanol–water partition coefficient (Wildman–Crippen LogP) is 2.01. The number of aliphatic carboxylic acids is 1. The van der Waals surface area contributed by atoms with Crippen LogP contribution in [-0.2, 0) is 9.53 Å². The van der Waals surface area contributed by atoms with Crippen molar-refractivity contribution < 1.29 is 19.4 Å². The Bertz CT molecular complexity index is 257. The van der Waals surface area contributed by atoms with E-state index in [1.54, 1.807) is 27.7 Å². The maximum absolute atomic E-state index is 11.4. The van der Waals surface area contributed by atoms with E-state index in [2.05, 4.69) is 5.32 Å². The average molecular weight is 231 g/mol. The van der Waals surface area contributed by atoms with Crippen molar-refractivity contribution in [2.75, 3.05) is 0 Å². The third-order valence-electron chi connectivity index (χ3n) is 2.15. The molecule has 2 N–H and O–H groups in total. The second-order valence-electron chi connectivity index (χ2n) is 4.85. The van der Waals surface area contributed by atoms with Crippen molar-refractivity contribution in [2.45, 2.75) is 52.7 Å². The van der Waals surface area contributed by atoms with Gasteiger partial charge in [-0.1, -0.05) is 20.3 Å². The molecule has 0 radical (unpaired) electrons. The van der Waals surface area contributed by atoms with E-state index in [-0.39, 0.29) is 5.92 Å².